The summed E-state index contributed by atoms with van der Waals surface area (Å²) in [5, 5.41) is 2.21. The molecule has 0 spiro atoms. The number of alkyl halides is 1. The van der Waals surface area contributed by atoms with Crippen LogP contribution in [0.2, 0.25) is 0 Å². The lowest BCUT2D eigenvalue weighted by molar-refractivity contribution is 0.172. The van der Waals surface area contributed by atoms with Gasteiger partial charge in [0.2, 0.25) is 0 Å². The third-order valence-electron chi connectivity index (χ3n) is 3.29. The number of aromatic nitrogens is 1. The van der Waals surface area contributed by atoms with E-state index in [0.29, 0.717) is 13.2 Å². The number of pyridine rings is 1. The number of nitrogens with zero attached hydrogens (tertiary/aromatic N) is 2. The van der Waals surface area contributed by atoms with Crippen LogP contribution in [-0.2, 0) is 0 Å². The molecule has 1 atom stereocenters. The van der Waals surface area contributed by atoms with Gasteiger partial charge >= 0.3 is 0 Å². The second-order valence-electron chi connectivity index (χ2n) is 5.01. The smallest absolute Gasteiger partial charge is 0.162 e. The lowest BCUT2D eigenvalue weighted by atomic mass is 10.1. The van der Waals surface area contributed by atoms with E-state index in [1.807, 2.05) is 38.4 Å². The Balaban J connectivity index is 2.08. The SMILES string of the molecule is CC(Cl)CN(C)c1nccc2cc3c(cc12)OCCO3. The van der Waals surface area contributed by atoms with Crippen molar-refractivity contribution in [3.05, 3.63) is 24.4 Å². The zero-order valence-corrected chi connectivity index (χ0v) is 12.4. The molecule has 20 heavy (non-hydrogen) atoms. The van der Waals surface area contributed by atoms with Crippen molar-refractivity contribution >= 4 is 28.2 Å². The van der Waals surface area contributed by atoms with E-state index in [4.69, 9.17) is 21.1 Å². The summed E-state index contributed by atoms with van der Waals surface area (Å²) in [4.78, 5) is 6.55. The van der Waals surface area contributed by atoms with Crippen LogP contribution < -0.4 is 14.4 Å². The molecule has 0 saturated heterocycles. The van der Waals surface area contributed by atoms with Gasteiger partial charge in [0.1, 0.15) is 19.0 Å². The summed E-state index contributed by atoms with van der Waals surface area (Å²) >= 11 is 6.07. The van der Waals surface area contributed by atoms with Gasteiger partial charge in [0, 0.05) is 30.6 Å². The second kappa shape index (κ2) is 5.37. The summed E-state index contributed by atoms with van der Waals surface area (Å²) in [6.07, 6.45) is 1.81. The van der Waals surface area contributed by atoms with Crippen molar-refractivity contribution in [3.63, 3.8) is 0 Å². The minimum absolute atomic E-state index is 0.0641. The van der Waals surface area contributed by atoms with Crippen LogP contribution in [0.15, 0.2) is 24.4 Å². The molecule has 0 radical (unpaired) electrons. The van der Waals surface area contributed by atoms with Gasteiger partial charge < -0.3 is 14.4 Å². The quantitative estimate of drug-likeness (QED) is 0.814. The maximum absolute atomic E-state index is 6.07. The molecule has 2 aromatic rings. The molecule has 1 aromatic heterocycles. The molecule has 0 N–H and O–H groups in total. The van der Waals surface area contributed by atoms with Gasteiger partial charge in [0.05, 0.1) is 0 Å². The minimum atomic E-state index is 0.0641. The highest BCUT2D eigenvalue weighted by atomic mass is 35.5. The first-order valence-electron chi connectivity index (χ1n) is 6.68. The maximum atomic E-state index is 6.07. The lowest BCUT2D eigenvalue weighted by Gasteiger charge is -2.23. The van der Waals surface area contributed by atoms with Gasteiger partial charge in [-0.1, -0.05) is 0 Å². The Hall–Kier alpha value is -1.68. The van der Waals surface area contributed by atoms with Crippen LogP contribution >= 0.6 is 11.6 Å². The summed E-state index contributed by atoms with van der Waals surface area (Å²) in [6.45, 7) is 3.90. The first-order chi connectivity index (χ1) is 9.65. The van der Waals surface area contributed by atoms with Crippen LogP contribution in [0.4, 0.5) is 5.82 Å². The van der Waals surface area contributed by atoms with Gasteiger partial charge in [0.15, 0.2) is 11.5 Å². The molecule has 0 amide bonds. The average Bonchev–Trinajstić information content (AvgIpc) is 2.43. The normalized spacial score (nSPS) is 15.2. The van der Waals surface area contributed by atoms with Crippen LogP contribution in [0.3, 0.4) is 0 Å². The molecule has 106 valence electrons. The zero-order valence-electron chi connectivity index (χ0n) is 11.6. The minimum Gasteiger partial charge on any atom is -0.486 e. The van der Waals surface area contributed by atoms with E-state index in [1.165, 1.54) is 0 Å². The maximum Gasteiger partial charge on any atom is 0.162 e. The van der Waals surface area contributed by atoms with Crippen LogP contribution in [0.1, 0.15) is 6.92 Å². The van der Waals surface area contributed by atoms with E-state index in [-0.39, 0.29) is 5.38 Å². The summed E-state index contributed by atoms with van der Waals surface area (Å²) in [6, 6.07) is 5.99. The van der Waals surface area contributed by atoms with Crippen molar-refractivity contribution in [3.8, 4) is 11.5 Å². The van der Waals surface area contributed by atoms with Crippen molar-refractivity contribution in [2.75, 3.05) is 31.7 Å². The van der Waals surface area contributed by atoms with E-state index in [0.717, 1.165) is 34.6 Å². The van der Waals surface area contributed by atoms with Crippen molar-refractivity contribution in [2.24, 2.45) is 0 Å². The number of benzene rings is 1. The molecule has 0 bridgehead atoms. The molecule has 0 fully saturated rings. The number of anilines is 1. The third kappa shape index (κ3) is 2.48. The topological polar surface area (TPSA) is 34.6 Å². The van der Waals surface area contributed by atoms with Gasteiger partial charge in [-0.2, -0.15) is 0 Å². The second-order valence-corrected chi connectivity index (χ2v) is 5.76. The van der Waals surface area contributed by atoms with E-state index < -0.39 is 0 Å². The number of halogens is 1. The van der Waals surface area contributed by atoms with E-state index >= 15 is 0 Å². The predicted molar refractivity (Wildman–Crippen MR) is 81.3 cm³/mol. The van der Waals surface area contributed by atoms with E-state index in [9.17, 15) is 0 Å². The highest BCUT2D eigenvalue weighted by Gasteiger charge is 2.16. The van der Waals surface area contributed by atoms with Gasteiger partial charge in [-0.25, -0.2) is 4.98 Å². The van der Waals surface area contributed by atoms with Gasteiger partial charge in [-0.3, -0.25) is 0 Å². The molecule has 3 rings (SSSR count). The Kier molecular flexibility index (Phi) is 3.57. The monoisotopic (exact) mass is 292 g/mol. The number of rotatable bonds is 3. The average molecular weight is 293 g/mol. The molecule has 1 aliphatic heterocycles. The highest BCUT2D eigenvalue weighted by Crippen LogP contribution is 2.37. The molecule has 1 aromatic carbocycles. The summed E-state index contributed by atoms with van der Waals surface area (Å²) in [7, 11) is 2.00. The van der Waals surface area contributed by atoms with Gasteiger partial charge in [-0.05, 0) is 30.5 Å². The number of fused-ring (bicyclic) bond motifs is 2. The van der Waals surface area contributed by atoms with Crippen LogP contribution in [0.5, 0.6) is 11.5 Å². The van der Waals surface area contributed by atoms with Crippen molar-refractivity contribution < 1.29 is 9.47 Å². The van der Waals surface area contributed by atoms with Crippen molar-refractivity contribution in [1.29, 1.82) is 0 Å². The van der Waals surface area contributed by atoms with E-state index in [1.54, 1.807) is 0 Å². The first-order valence-corrected chi connectivity index (χ1v) is 7.12. The molecule has 2 heterocycles. The molecular formula is C15H17ClN2O2. The summed E-state index contributed by atoms with van der Waals surface area (Å²) < 4.78 is 11.3. The summed E-state index contributed by atoms with van der Waals surface area (Å²) in [5.41, 5.74) is 0. The third-order valence-corrected chi connectivity index (χ3v) is 3.43. The van der Waals surface area contributed by atoms with E-state index in [2.05, 4.69) is 9.88 Å². The first kappa shape index (κ1) is 13.3. The molecule has 1 unspecified atom stereocenters. The Morgan fingerprint density at radius 3 is 2.70 bits per heavy atom. The number of ether oxygens (including phenoxy) is 2. The van der Waals surface area contributed by atoms with Crippen molar-refractivity contribution in [2.45, 2.75) is 12.3 Å². The predicted octanol–water partition coefficient (Wildman–Crippen LogP) is 3.07. The zero-order chi connectivity index (χ0) is 14.1. The molecule has 4 nitrogen and oxygen atoms in total. The van der Waals surface area contributed by atoms with Crippen LogP contribution in [-0.4, -0.2) is 37.2 Å². The molecule has 0 aliphatic carbocycles. The molecular weight excluding hydrogens is 276 g/mol. The molecule has 0 saturated carbocycles. The lowest BCUT2D eigenvalue weighted by Crippen LogP contribution is -2.25. The Bertz CT molecular complexity index is 631. The molecule has 1 aliphatic rings. The largest absolute Gasteiger partial charge is 0.486 e. The van der Waals surface area contributed by atoms with Gasteiger partial charge in [0.25, 0.3) is 0 Å². The van der Waals surface area contributed by atoms with Crippen LogP contribution in [0.25, 0.3) is 10.8 Å². The number of hydrogen-bond donors (Lipinski definition) is 0. The Morgan fingerprint density at radius 1 is 1.30 bits per heavy atom. The van der Waals surface area contributed by atoms with Crippen molar-refractivity contribution in [1.82, 2.24) is 4.98 Å². The Labute approximate surface area is 123 Å². The van der Waals surface area contributed by atoms with Crippen LogP contribution in [0, 0.1) is 0 Å². The fourth-order valence-corrected chi connectivity index (χ4v) is 2.67. The molecule has 5 heteroatoms. The fraction of sp³-hybridized carbons (Fsp3) is 0.400. The fourth-order valence-electron chi connectivity index (χ4n) is 2.46. The van der Waals surface area contributed by atoms with Gasteiger partial charge in [-0.15, -0.1) is 11.6 Å². The number of hydrogen-bond acceptors (Lipinski definition) is 4. The summed E-state index contributed by atoms with van der Waals surface area (Å²) in [5.74, 6) is 2.49. The highest BCUT2D eigenvalue weighted by molar-refractivity contribution is 6.20. The Morgan fingerprint density at radius 2 is 2.00 bits per heavy atom. The standard InChI is InChI=1S/C15H17ClN2O2/c1-10(16)9-18(2)15-12-8-14-13(19-5-6-20-14)7-11(12)3-4-17-15/h3-4,7-8,10H,5-6,9H2,1-2H3.